The summed E-state index contributed by atoms with van der Waals surface area (Å²) >= 11 is 0. The van der Waals surface area contributed by atoms with Crippen LogP contribution in [0.15, 0.2) is 30.3 Å². The maximum atomic E-state index is 8.25. The number of para-hydroxylation sites is 1. The molecule has 0 unspecified atom stereocenters. The Morgan fingerprint density at radius 2 is 1.85 bits per heavy atom. The van der Waals surface area contributed by atoms with E-state index in [0.717, 1.165) is 12.2 Å². The lowest BCUT2D eigenvalue weighted by atomic mass is 10.3. The molecule has 0 bridgehead atoms. The van der Waals surface area contributed by atoms with Gasteiger partial charge < -0.3 is 5.32 Å². The van der Waals surface area contributed by atoms with Crippen LogP contribution in [-0.4, -0.2) is 6.54 Å². The quantitative estimate of drug-likeness (QED) is 0.718. The zero-order valence-electron chi connectivity index (χ0n) is 8.25. The summed E-state index contributed by atoms with van der Waals surface area (Å²) in [5.74, 6) is 0. The highest BCUT2D eigenvalue weighted by molar-refractivity contribution is 5.42. The first-order valence-electron chi connectivity index (χ1n) is 4.59. The van der Waals surface area contributed by atoms with Crippen molar-refractivity contribution in [1.82, 2.24) is 0 Å². The largest absolute Gasteiger partial charge is 0.384 e. The molecule has 0 radical (unpaired) electrons. The summed E-state index contributed by atoms with van der Waals surface area (Å²) in [6, 6.07) is 11.9. The van der Waals surface area contributed by atoms with Gasteiger partial charge in [-0.1, -0.05) is 32.0 Å². The highest BCUT2D eigenvalue weighted by atomic mass is 14.9. The van der Waals surface area contributed by atoms with E-state index in [-0.39, 0.29) is 0 Å². The maximum Gasteiger partial charge on any atom is 0.0640 e. The summed E-state index contributed by atoms with van der Waals surface area (Å²) in [5.41, 5.74) is 1.07. The lowest BCUT2D eigenvalue weighted by Gasteiger charge is -2.01. The van der Waals surface area contributed by atoms with E-state index < -0.39 is 0 Å². The number of anilines is 1. The highest BCUT2D eigenvalue weighted by Crippen LogP contribution is 2.03. The van der Waals surface area contributed by atoms with Gasteiger partial charge in [-0.25, -0.2) is 0 Å². The van der Waals surface area contributed by atoms with Gasteiger partial charge in [-0.05, 0) is 12.1 Å². The van der Waals surface area contributed by atoms with Crippen molar-refractivity contribution in [1.29, 1.82) is 5.26 Å². The number of benzene rings is 1. The van der Waals surface area contributed by atoms with Crippen molar-refractivity contribution < 1.29 is 0 Å². The van der Waals surface area contributed by atoms with Crippen LogP contribution in [0, 0.1) is 11.3 Å². The van der Waals surface area contributed by atoms with Crippen molar-refractivity contribution in [3.05, 3.63) is 30.3 Å². The molecule has 0 spiro atoms. The molecule has 0 saturated carbocycles. The third-order valence-electron chi connectivity index (χ3n) is 1.34. The molecular formula is C11H16N2. The van der Waals surface area contributed by atoms with Gasteiger partial charge in [0.05, 0.1) is 12.5 Å². The Morgan fingerprint density at radius 3 is 2.38 bits per heavy atom. The summed E-state index contributed by atoms with van der Waals surface area (Å²) in [6.07, 6.45) is 0.550. The van der Waals surface area contributed by atoms with Crippen molar-refractivity contribution in [2.45, 2.75) is 20.3 Å². The number of hydrogen-bond donors (Lipinski definition) is 1. The average Bonchev–Trinajstić information content (AvgIpc) is 2.23. The lowest BCUT2D eigenvalue weighted by molar-refractivity contribution is 1.08. The molecule has 0 atom stereocenters. The minimum atomic E-state index is 0.550. The van der Waals surface area contributed by atoms with Crippen LogP contribution in [0.3, 0.4) is 0 Å². The molecule has 1 aromatic carbocycles. The second-order valence-corrected chi connectivity index (χ2v) is 2.20. The minimum absolute atomic E-state index is 0.550. The first-order chi connectivity index (χ1) is 6.43. The second kappa shape index (κ2) is 8.61. The monoisotopic (exact) mass is 176 g/mol. The summed E-state index contributed by atoms with van der Waals surface area (Å²) < 4.78 is 0. The summed E-state index contributed by atoms with van der Waals surface area (Å²) in [6.45, 7) is 4.72. The van der Waals surface area contributed by atoms with E-state index in [1.807, 2.05) is 44.2 Å². The van der Waals surface area contributed by atoms with Crippen LogP contribution in [0.5, 0.6) is 0 Å². The molecule has 0 aromatic heterocycles. The zero-order valence-corrected chi connectivity index (χ0v) is 8.25. The van der Waals surface area contributed by atoms with E-state index in [1.54, 1.807) is 0 Å². The Labute approximate surface area is 80.2 Å². The van der Waals surface area contributed by atoms with Crippen molar-refractivity contribution in [3.8, 4) is 6.07 Å². The van der Waals surface area contributed by atoms with Gasteiger partial charge in [-0.3, -0.25) is 0 Å². The standard InChI is InChI=1S/C9H10N2.C2H6/c10-7-4-8-11-9-5-2-1-3-6-9;1-2/h1-3,5-6,11H,4,8H2;1-2H3. The van der Waals surface area contributed by atoms with Crippen molar-refractivity contribution in [2.75, 3.05) is 11.9 Å². The van der Waals surface area contributed by atoms with Crippen LogP contribution < -0.4 is 5.32 Å². The lowest BCUT2D eigenvalue weighted by Crippen LogP contribution is -1.99. The zero-order chi connectivity index (χ0) is 9.94. The smallest absolute Gasteiger partial charge is 0.0640 e. The van der Waals surface area contributed by atoms with Crippen LogP contribution in [-0.2, 0) is 0 Å². The Morgan fingerprint density at radius 1 is 1.23 bits per heavy atom. The van der Waals surface area contributed by atoms with Gasteiger partial charge >= 0.3 is 0 Å². The molecule has 0 saturated heterocycles. The molecule has 2 nitrogen and oxygen atoms in total. The molecule has 0 aliphatic heterocycles. The van der Waals surface area contributed by atoms with Gasteiger partial charge in [0, 0.05) is 12.2 Å². The van der Waals surface area contributed by atoms with Crippen molar-refractivity contribution >= 4 is 5.69 Å². The summed E-state index contributed by atoms with van der Waals surface area (Å²) in [5, 5.41) is 11.4. The van der Waals surface area contributed by atoms with E-state index in [2.05, 4.69) is 11.4 Å². The van der Waals surface area contributed by atoms with Crippen LogP contribution in [0.2, 0.25) is 0 Å². The number of rotatable bonds is 3. The Kier molecular flexibility index (Phi) is 7.62. The average molecular weight is 176 g/mol. The van der Waals surface area contributed by atoms with Gasteiger partial charge in [-0.15, -0.1) is 0 Å². The predicted octanol–water partition coefficient (Wildman–Crippen LogP) is 3.04. The maximum absolute atomic E-state index is 8.25. The van der Waals surface area contributed by atoms with Gasteiger partial charge in [-0.2, -0.15) is 5.26 Å². The third kappa shape index (κ3) is 5.75. The SMILES string of the molecule is CC.N#CCCNc1ccccc1. The Balaban J connectivity index is 0.000000671. The third-order valence-corrected chi connectivity index (χ3v) is 1.34. The molecule has 70 valence electrons. The van der Waals surface area contributed by atoms with Gasteiger partial charge in [0.25, 0.3) is 0 Å². The van der Waals surface area contributed by atoms with E-state index in [1.165, 1.54) is 0 Å². The molecule has 1 rings (SSSR count). The number of hydrogen-bond acceptors (Lipinski definition) is 2. The number of nitriles is 1. The summed E-state index contributed by atoms with van der Waals surface area (Å²) in [4.78, 5) is 0. The van der Waals surface area contributed by atoms with Crippen LogP contribution >= 0.6 is 0 Å². The van der Waals surface area contributed by atoms with Gasteiger partial charge in [0.2, 0.25) is 0 Å². The molecule has 0 amide bonds. The molecule has 0 aliphatic rings. The fourth-order valence-corrected chi connectivity index (χ4v) is 0.819. The topological polar surface area (TPSA) is 35.8 Å². The second-order valence-electron chi connectivity index (χ2n) is 2.20. The molecule has 0 fully saturated rings. The Hall–Kier alpha value is -1.49. The van der Waals surface area contributed by atoms with Crippen molar-refractivity contribution in [3.63, 3.8) is 0 Å². The predicted molar refractivity (Wildman–Crippen MR) is 56.5 cm³/mol. The molecule has 1 N–H and O–H groups in total. The first-order valence-corrected chi connectivity index (χ1v) is 4.59. The van der Waals surface area contributed by atoms with Crippen molar-refractivity contribution in [2.24, 2.45) is 0 Å². The Bertz CT molecular complexity index is 236. The van der Waals surface area contributed by atoms with Crippen LogP contribution in [0.4, 0.5) is 5.69 Å². The molecular weight excluding hydrogens is 160 g/mol. The molecule has 2 heteroatoms. The first kappa shape index (κ1) is 11.5. The van der Waals surface area contributed by atoms with Crippen LogP contribution in [0.1, 0.15) is 20.3 Å². The van der Waals surface area contributed by atoms with E-state index in [0.29, 0.717) is 6.42 Å². The molecule has 13 heavy (non-hydrogen) atoms. The molecule has 1 aromatic rings. The molecule has 0 aliphatic carbocycles. The van der Waals surface area contributed by atoms with Gasteiger partial charge in [0.1, 0.15) is 0 Å². The van der Waals surface area contributed by atoms with Crippen LogP contribution in [0.25, 0.3) is 0 Å². The fraction of sp³-hybridized carbons (Fsp3) is 0.364. The minimum Gasteiger partial charge on any atom is -0.384 e. The molecule has 0 heterocycles. The van der Waals surface area contributed by atoms with E-state index >= 15 is 0 Å². The van der Waals surface area contributed by atoms with E-state index in [4.69, 9.17) is 5.26 Å². The number of nitrogens with one attached hydrogen (secondary N) is 1. The van der Waals surface area contributed by atoms with Gasteiger partial charge in [0.15, 0.2) is 0 Å². The summed E-state index contributed by atoms with van der Waals surface area (Å²) in [7, 11) is 0. The van der Waals surface area contributed by atoms with E-state index in [9.17, 15) is 0 Å². The number of nitrogens with zero attached hydrogens (tertiary/aromatic N) is 1. The normalized spacial score (nSPS) is 7.77. The highest BCUT2D eigenvalue weighted by Gasteiger charge is 1.86. The fourth-order valence-electron chi connectivity index (χ4n) is 0.819.